The zero-order chi connectivity index (χ0) is 14.2. The number of rotatable bonds is 2. The largest absolute Gasteiger partial charge is 0.342 e. The van der Waals surface area contributed by atoms with Crippen molar-refractivity contribution in [1.29, 1.82) is 0 Å². The highest BCUT2D eigenvalue weighted by Gasteiger charge is 2.52. The zero-order valence-electron chi connectivity index (χ0n) is 12.5. The predicted octanol–water partition coefficient (Wildman–Crippen LogP) is 2.37. The van der Waals surface area contributed by atoms with Gasteiger partial charge in [0.15, 0.2) is 0 Å². The molecule has 0 unspecified atom stereocenters. The van der Waals surface area contributed by atoms with Crippen molar-refractivity contribution in [3.05, 3.63) is 0 Å². The Kier molecular flexibility index (Phi) is 3.51. The van der Waals surface area contributed by atoms with Crippen LogP contribution in [0.1, 0.15) is 71.1 Å². The number of nitrogens with one attached hydrogen (secondary N) is 1. The third-order valence-electron chi connectivity index (χ3n) is 5.82. The van der Waals surface area contributed by atoms with Crippen molar-refractivity contribution in [2.75, 3.05) is 6.54 Å². The summed E-state index contributed by atoms with van der Waals surface area (Å²) in [5.41, 5.74) is -0.530. The Labute approximate surface area is 121 Å². The molecule has 1 N–H and O–H groups in total. The fourth-order valence-electron chi connectivity index (χ4n) is 4.30. The molecule has 2 saturated carbocycles. The Morgan fingerprint density at radius 3 is 2.30 bits per heavy atom. The molecule has 0 atom stereocenters. The van der Waals surface area contributed by atoms with E-state index in [9.17, 15) is 9.59 Å². The topological polar surface area (TPSA) is 49.4 Å². The summed E-state index contributed by atoms with van der Waals surface area (Å²) in [5.74, 6) is 0.276. The molecular weight excluding hydrogens is 252 g/mol. The van der Waals surface area contributed by atoms with Crippen LogP contribution in [-0.4, -0.2) is 34.3 Å². The van der Waals surface area contributed by atoms with Crippen molar-refractivity contribution in [2.24, 2.45) is 0 Å². The molecule has 0 aromatic carbocycles. The minimum Gasteiger partial charge on any atom is -0.342 e. The van der Waals surface area contributed by atoms with Gasteiger partial charge in [0, 0.05) is 18.5 Å². The Hall–Kier alpha value is -1.06. The first-order valence-electron chi connectivity index (χ1n) is 8.25. The minimum atomic E-state index is -0.580. The van der Waals surface area contributed by atoms with Crippen LogP contribution in [0.4, 0.5) is 0 Å². The van der Waals surface area contributed by atoms with E-state index in [0.717, 1.165) is 44.9 Å². The number of carbonyl (C=O) groups excluding carboxylic acids is 2. The number of carbonyl (C=O) groups is 2. The van der Waals surface area contributed by atoms with Crippen LogP contribution in [0.3, 0.4) is 0 Å². The smallest absolute Gasteiger partial charge is 0.248 e. The first-order chi connectivity index (χ1) is 9.62. The van der Waals surface area contributed by atoms with Gasteiger partial charge < -0.3 is 10.2 Å². The molecule has 1 aliphatic heterocycles. The van der Waals surface area contributed by atoms with Crippen molar-refractivity contribution < 1.29 is 9.59 Å². The van der Waals surface area contributed by atoms with Gasteiger partial charge >= 0.3 is 0 Å². The van der Waals surface area contributed by atoms with Gasteiger partial charge in [-0.25, -0.2) is 0 Å². The van der Waals surface area contributed by atoms with E-state index < -0.39 is 5.54 Å². The fourth-order valence-corrected chi connectivity index (χ4v) is 4.30. The van der Waals surface area contributed by atoms with Gasteiger partial charge in [0.05, 0.1) is 0 Å². The van der Waals surface area contributed by atoms with Crippen LogP contribution in [0.5, 0.6) is 0 Å². The van der Waals surface area contributed by atoms with Gasteiger partial charge in [0.2, 0.25) is 11.8 Å². The Morgan fingerprint density at radius 2 is 1.75 bits per heavy atom. The maximum Gasteiger partial charge on any atom is 0.248 e. The highest BCUT2D eigenvalue weighted by atomic mass is 16.2. The van der Waals surface area contributed by atoms with Crippen LogP contribution in [0, 0.1) is 0 Å². The molecule has 2 amide bonds. The third kappa shape index (κ3) is 2.04. The summed E-state index contributed by atoms with van der Waals surface area (Å²) in [5, 5.41) is 3.09. The lowest BCUT2D eigenvalue weighted by Gasteiger charge is -2.52. The lowest BCUT2D eigenvalue weighted by Crippen LogP contribution is -2.64. The number of hydrogen-bond donors (Lipinski definition) is 1. The van der Waals surface area contributed by atoms with Crippen LogP contribution in [0.25, 0.3) is 0 Å². The normalized spacial score (nSPS) is 28.8. The summed E-state index contributed by atoms with van der Waals surface area (Å²) >= 11 is 0. The summed E-state index contributed by atoms with van der Waals surface area (Å²) in [4.78, 5) is 27.3. The van der Waals surface area contributed by atoms with Gasteiger partial charge in [-0.2, -0.15) is 0 Å². The molecule has 3 rings (SSSR count). The van der Waals surface area contributed by atoms with Gasteiger partial charge in [-0.1, -0.05) is 26.2 Å². The molecule has 3 fully saturated rings. The van der Waals surface area contributed by atoms with Crippen molar-refractivity contribution in [3.8, 4) is 0 Å². The molecule has 1 saturated heterocycles. The number of nitrogens with zero attached hydrogens (tertiary/aromatic N) is 1. The Morgan fingerprint density at radius 1 is 1.05 bits per heavy atom. The van der Waals surface area contributed by atoms with E-state index in [1.54, 1.807) is 0 Å². The van der Waals surface area contributed by atoms with Crippen LogP contribution in [0.2, 0.25) is 0 Å². The molecule has 20 heavy (non-hydrogen) atoms. The average Bonchev–Trinajstić information content (AvgIpc) is 2.51. The molecular formula is C16H26N2O2. The van der Waals surface area contributed by atoms with Gasteiger partial charge in [-0.3, -0.25) is 9.59 Å². The standard InChI is InChI=1S/C16H26N2O2/c1-2-15(8-6-9-15)18-12-7-13(19)17-16(14(18)20)10-4-3-5-11-16/h2-12H2,1H3,(H,17,19). The van der Waals surface area contributed by atoms with Crippen LogP contribution >= 0.6 is 0 Å². The summed E-state index contributed by atoms with van der Waals surface area (Å²) in [6.07, 6.45) is 9.87. The summed E-state index contributed by atoms with van der Waals surface area (Å²) < 4.78 is 0. The van der Waals surface area contributed by atoms with Crippen molar-refractivity contribution in [3.63, 3.8) is 0 Å². The molecule has 2 aliphatic carbocycles. The van der Waals surface area contributed by atoms with Gasteiger partial charge in [-0.05, 0) is 38.5 Å². The molecule has 112 valence electrons. The third-order valence-corrected chi connectivity index (χ3v) is 5.82. The van der Waals surface area contributed by atoms with Gasteiger partial charge in [-0.15, -0.1) is 0 Å². The molecule has 4 heteroatoms. The number of hydrogen-bond acceptors (Lipinski definition) is 2. The predicted molar refractivity (Wildman–Crippen MR) is 77.2 cm³/mol. The highest BCUT2D eigenvalue weighted by Crippen LogP contribution is 2.43. The summed E-state index contributed by atoms with van der Waals surface area (Å²) in [6, 6.07) is 0. The molecule has 1 heterocycles. The second kappa shape index (κ2) is 5.05. The Bertz CT molecular complexity index is 403. The average molecular weight is 278 g/mol. The van der Waals surface area contributed by atoms with E-state index in [0.29, 0.717) is 13.0 Å². The molecule has 0 radical (unpaired) electrons. The highest BCUT2D eigenvalue weighted by molar-refractivity contribution is 5.94. The van der Waals surface area contributed by atoms with Crippen molar-refractivity contribution >= 4 is 11.8 Å². The fraction of sp³-hybridized carbons (Fsp3) is 0.875. The van der Waals surface area contributed by atoms with E-state index in [-0.39, 0.29) is 17.4 Å². The first-order valence-corrected chi connectivity index (χ1v) is 8.25. The molecule has 0 aromatic rings. The monoisotopic (exact) mass is 278 g/mol. The SMILES string of the molecule is CCC1(N2CCC(=O)NC3(CCCCC3)C2=O)CCC1. The van der Waals surface area contributed by atoms with E-state index in [4.69, 9.17) is 0 Å². The van der Waals surface area contributed by atoms with Crippen LogP contribution < -0.4 is 5.32 Å². The molecule has 0 bridgehead atoms. The van der Waals surface area contributed by atoms with E-state index in [2.05, 4.69) is 17.1 Å². The van der Waals surface area contributed by atoms with E-state index >= 15 is 0 Å². The summed E-state index contributed by atoms with van der Waals surface area (Å²) in [7, 11) is 0. The lowest BCUT2D eigenvalue weighted by molar-refractivity contribution is -0.150. The van der Waals surface area contributed by atoms with Gasteiger partial charge in [0.1, 0.15) is 5.54 Å². The maximum absolute atomic E-state index is 13.2. The second-order valence-electron chi connectivity index (χ2n) is 6.83. The van der Waals surface area contributed by atoms with Gasteiger partial charge in [0.25, 0.3) is 0 Å². The zero-order valence-corrected chi connectivity index (χ0v) is 12.5. The van der Waals surface area contributed by atoms with E-state index in [1.165, 1.54) is 12.8 Å². The minimum absolute atomic E-state index is 0.0494. The molecule has 1 spiro atoms. The molecule has 4 nitrogen and oxygen atoms in total. The van der Waals surface area contributed by atoms with E-state index in [1.807, 2.05) is 0 Å². The lowest BCUT2D eigenvalue weighted by atomic mass is 9.71. The van der Waals surface area contributed by atoms with Crippen LogP contribution in [-0.2, 0) is 9.59 Å². The maximum atomic E-state index is 13.2. The first kappa shape index (κ1) is 13.9. The Balaban J connectivity index is 1.91. The number of amides is 2. The molecule has 3 aliphatic rings. The van der Waals surface area contributed by atoms with Crippen LogP contribution in [0.15, 0.2) is 0 Å². The van der Waals surface area contributed by atoms with Crippen molar-refractivity contribution in [1.82, 2.24) is 10.2 Å². The molecule has 0 aromatic heterocycles. The van der Waals surface area contributed by atoms with Crippen molar-refractivity contribution in [2.45, 2.75) is 82.2 Å². The second-order valence-corrected chi connectivity index (χ2v) is 6.83. The summed E-state index contributed by atoms with van der Waals surface area (Å²) in [6.45, 7) is 2.79. The quantitative estimate of drug-likeness (QED) is 0.843.